The molecule has 2 N–H and O–H groups in total. The van der Waals surface area contributed by atoms with E-state index in [2.05, 4.69) is 5.32 Å². The molecule has 0 aliphatic heterocycles. The fourth-order valence-corrected chi connectivity index (χ4v) is 3.35. The molecule has 3 aromatic rings. The standard InChI is InChI=1S/C22H20Cl2N2O3/c1-26-19(15-7-3-2-4-8-15)13-16(20(27)22(26)29)21(28)25-11-5-6-14-9-10-17(23)18(24)12-14/h2-4,7-10,12-13,27H,5-6,11H2,1H3,(H,25,28). The maximum absolute atomic E-state index is 12.6. The summed E-state index contributed by atoms with van der Waals surface area (Å²) in [5.74, 6) is -1.05. The topological polar surface area (TPSA) is 71.3 Å². The Labute approximate surface area is 178 Å². The molecule has 0 fully saturated rings. The van der Waals surface area contributed by atoms with Gasteiger partial charge in [-0.3, -0.25) is 9.59 Å². The van der Waals surface area contributed by atoms with Gasteiger partial charge in [0.2, 0.25) is 0 Å². The molecule has 1 amide bonds. The molecule has 0 aliphatic carbocycles. The maximum atomic E-state index is 12.6. The molecule has 7 heteroatoms. The zero-order valence-electron chi connectivity index (χ0n) is 15.8. The van der Waals surface area contributed by atoms with Crippen molar-refractivity contribution in [2.24, 2.45) is 7.05 Å². The van der Waals surface area contributed by atoms with Crippen molar-refractivity contribution in [2.45, 2.75) is 12.8 Å². The molecule has 0 spiro atoms. The monoisotopic (exact) mass is 430 g/mol. The molecule has 0 unspecified atom stereocenters. The highest BCUT2D eigenvalue weighted by molar-refractivity contribution is 6.42. The van der Waals surface area contributed by atoms with Crippen molar-refractivity contribution < 1.29 is 9.90 Å². The van der Waals surface area contributed by atoms with E-state index < -0.39 is 17.2 Å². The molecule has 0 aliphatic rings. The van der Waals surface area contributed by atoms with Crippen LogP contribution in [-0.2, 0) is 13.5 Å². The van der Waals surface area contributed by atoms with E-state index >= 15 is 0 Å². The summed E-state index contributed by atoms with van der Waals surface area (Å²) in [7, 11) is 1.56. The van der Waals surface area contributed by atoms with Crippen LogP contribution in [0, 0.1) is 0 Å². The van der Waals surface area contributed by atoms with Gasteiger partial charge in [-0.2, -0.15) is 0 Å². The fourth-order valence-electron chi connectivity index (χ4n) is 3.03. The number of amides is 1. The van der Waals surface area contributed by atoms with Crippen LogP contribution < -0.4 is 10.9 Å². The summed E-state index contributed by atoms with van der Waals surface area (Å²) in [6, 6.07) is 16.2. The molecule has 2 aromatic carbocycles. The largest absolute Gasteiger partial charge is 0.502 e. The van der Waals surface area contributed by atoms with Crippen LogP contribution >= 0.6 is 23.2 Å². The number of aromatic hydroxyl groups is 1. The lowest BCUT2D eigenvalue weighted by molar-refractivity contribution is 0.0950. The van der Waals surface area contributed by atoms with Gasteiger partial charge in [-0.15, -0.1) is 0 Å². The summed E-state index contributed by atoms with van der Waals surface area (Å²) < 4.78 is 1.33. The van der Waals surface area contributed by atoms with Crippen LogP contribution in [0.1, 0.15) is 22.3 Å². The number of halogens is 2. The third kappa shape index (κ3) is 4.81. The Morgan fingerprint density at radius 1 is 1.07 bits per heavy atom. The number of hydrogen-bond acceptors (Lipinski definition) is 3. The number of aromatic nitrogens is 1. The first-order valence-corrected chi connectivity index (χ1v) is 9.84. The van der Waals surface area contributed by atoms with Crippen molar-refractivity contribution in [1.29, 1.82) is 0 Å². The predicted octanol–water partition coefficient (Wildman–Crippen LogP) is 4.43. The van der Waals surface area contributed by atoms with Crippen LogP contribution in [0.4, 0.5) is 0 Å². The van der Waals surface area contributed by atoms with Crippen LogP contribution in [0.15, 0.2) is 59.4 Å². The SMILES string of the molecule is Cn1c(-c2ccccc2)cc(C(=O)NCCCc2ccc(Cl)c(Cl)c2)c(O)c1=O. The number of hydrogen-bond donors (Lipinski definition) is 2. The number of aryl methyl sites for hydroxylation is 1. The highest BCUT2D eigenvalue weighted by Crippen LogP contribution is 2.24. The summed E-state index contributed by atoms with van der Waals surface area (Å²) in [5, 5.41) is 13.9. The van der Waals surface area contributed by atoms with E-state index in [0.29, 0.717) is 35.1 Å². The van der Waals surface area contributed by atoms with Crippen molar-refractivity contribution in [2.75, 3.05) is 6.54 Å². The van der Waals surface area contributed by atoms with E-state index in [1.165, 1.54) is 10.6 Å². The predicted molar refractivity (Wildman–Crippen MR) is 116 cm³/mol. The minimum Gasteiger partial charge on any atom is -0.502 e. The highest BCUT2D eigenvalue weighted by Gasteiger charge is 2.18. The molecule has 0 atom stereocenters. The number of carbonyl (C=O) groups excluding carboxylic acids is 1. The summed E-state index contributed by atoms with van der Waals surface area (Å²) in [4.78, 5) is 24.9. The Morgan fingerprint density at radius 2 is 1.79 bits per heavy atom. The van der Waals surface area contributed by atoms with Crippen molar-refractivity contribution in [1.82, 2.24) is 9.88 Å². The van der Waals surface area contributed by atoms with Gasteiger partial charge in [-0.25, -0.2) is 0 Å². The average Bonchev–Trinajstić information content (AvgIpc) is 2.72. The van der Waals surface area contributed by atoms with Gasteiger partial charge in [0.15, 0.2) is 5.75 Å². The summed E-state index contributed by atoms with van der Waals surface area (Å²) in [6.45, 7) is 0.383. The number of nitrogens with zero attached hydrogens (tertiary/aromatic N) is 1. The Bertz CT molecular complexity index is 1100. The van der Waals surface area contributed by atoms with E-state index in [4.69, 9.17) is 23.2 Å². The van der Waals surface area contributed by atoms with Gasteiger partial charge in [-0.05, 0) is 42.2 Å². The molecular formula is C22H20Cl2N2O3. The zero-order valence-corrected chi connectivity index (χ0v) is 17.3. The van der Waals surface area contributed by atoms with E-state index in [1.54, 1.807) is 19.2 Å². The van der Waals surface area contributed by atoms with Gasteiger partial charge in [0.05, 0.1) is 21.3 Å². The number of pyridine rings is 1. The molecule has 0 bridgehead atoms. The van der Waals surface area contributed by atoms with E-state index in [1.807, 2.05) is 36.4 Å². The van der Waals surface area contributed by atoms with Crippen LogP contribution in [0.25, 0.3) is 11.3 Å². The number of rotatable bonds is 6. The first-order valence-electron chi connectivity index (χ1n) is 9.09. The van der Waals surface area contributed by atoms with Crippen molar-refractivity contribution in [3.63, 3.8) is 0 Å². The van der Waals surface area contributed by atoms with Gasteiger partial charge < -0.3 is 15.0 Å². The Morgan fingerprint density at radius 3 is 2.48 bits per heavy atom. The Kier molecular flexibility index (Phi) is 6.62. The second-order valence-electron chi connectivity index (χ2n) is 6.63. The third-order valence-corrected chi connectivity index (χ3v) is 5.37. The van der Waals surface area contributed by atoms with E-state index in [0.717, 1.165) is 11.1 Å². The number of nitrogens with one attached hydrogen (secondary N) is 1. The Balaban J connectivity index is 1.71. The van der Waals surface area contributed by atoms with Gasteiger partial charge in [-0.1, -0.05) is 59.6 Å². The second-order valence-corrected chi connectivity index (χ2v) is 7.44. The Hall–Kier alpha value is -2.76. The summed E-state index contributed by atoms with van der Waals surface area (Å²) in [6.07, 6.45) is 1.37. The van der Waals surface area contributed by atoms with Crippen LogP contribution in [0.5, 0.6) is 5.75 Å². The second kappa shape index (κ2) is 9.16. The molecule has 29 heavy (non-hydrogen) atoms. The quantitative estimate of drug-likeness (QED) is 0.568. The molecule has 0 saturated heterocycles. The van der Waals surface area contributed by atoms with Crippen LogP contribution in [0.2, 0.25) is 10.0 Å². The smallest absolute Gasteiger partial charge is 0.293 e. The molecule has 0 saturated carbocycles. The highest BCUT2D eigenvalue weighted by atomic mass is 35.5. The van der Waals surface area contributed by atoms with Gasteiger partial charge >= 0.3 is 0 Å². The van der Waals surface area contributed by atoms with Crippen molar-refractivity contribution in [3.05, 3.63) is 86.1 Å². The summed E-state index contributed by atoms with van der Waals surface area (Å²) in [5.41, 5.74) is 1.68. The summed E-state index contributed by atoms with van der Waals surface area (Å²) >= 11 is 11.9. The van der Waals surface area contributed by atoms with Crippen LogP contribution in [-0.4, -0.2) is 22.1 Å². The zero-order chi connectivity index (χ0) is 21.0. The van der Waals surface area contributed by atoms with Crippen LogP contribution in [0.3, 0.4) is 0 Å². The molecule has 3 rings (SSSR count). The minimum absolute atomic E-state index is 0.0403. The maximum Gasteiger partial charge on any atom is 0.293 e. The first-order chi connectivity index (χ1) is 13.9. The molecular weight excluding hydrogens is 411 g/mol. The lowest BCUT2D eigenvalue weighted by Gasteiger charge is -2.13. The average molecular weight is 431 g/mol. The normalized spacial score (nSPS) is 10.7. The third-order valence-electron chi connectivity index (χ3n) is 4.63. The van der Waals surface area contributed by atoms with Gasteiger partial charge in [0, 0.05) is 13.6 Å². The van der Waals surface area contributed by atoms with E-state index in [-0.39, 0.29) is 5.56 Å². The van der Waals surface area contributed by atoms with Gasteiger partial charge in [0.25, 0.3) is 11.5 Å². The van der Waals surface area contributed by atoms with Gasteiger partial charge in [0.1, 0.15) is 0 Å². The molecule has 1 heterocycles. The lowest BCUT2D eigenvalue weighted by atomic mass is 10.1. The molecule has 150 valence electrons. The number of benzene rings is 2. The molecule has 0 radical (unpaired) electrons. The van der Waals surface area contributed by atoms with Crippen molar-refractivity contribution >= 4 is 29.1 Å². The fraction of sp³-hybridized carbons (Fsp3) is 0.182. The number of carbonyl (C=O) groups is 1. The minimum atomic E-state index is -0.618. The lowest BCUT2D eigenvalue weighted by Crippen LogP contribution is -2.28. The molecule has 1 aromatic heterocycles. The van der Waals surface area contributed by atoms with Crippen molar-refractivity contribution in [3.8, 4) is 17.0 Å². The van der Waals surface area contributed by atoms with E-state index in [9.17, 15) is 14.7 Å². The molecule has 5 nitrogen and oxygen atoms in total. The first kappa shape index (κ1) is 21.0.